The molecule has 1 aliphatic heterocycles. The third-order valence-corrected chi connectivity index (χ3v) is 5.99. The first kappa shape index (κ1) is 19.5. The maximum atomic E-state index is 12.5. The predicted octanol–water partition coefficient (Wildman–Crippen LogP) is 5.06. The Morgan fingerprint density at radius 2 is 1.31 bits per heavy atom. The molecule has 5 nitrogen and oxygen atoms in total. The molecule has 1 saturated carbocycles. The molecule has 0 radical (unpaired) electrons. The first-order valence-corrected chi connectivity index (χ1v) is 10.8. The van der Waals surface area contributed by atoms with Gasteiger partial charge in [0.1, 0.15) is 0 Å². The molecule has 1 aliphatic carbocycles. The number of nitrogens with zero attached hydrogens (tertiary/aromatic N) is 1. The fourth-order valence-corrected chi connectivity index (χ4v) is 4.25. The van der Waals surface area contributed by atoms with Gasteiger partial charge in [0, 0.05) is 41.6 Å². The van der Waals surface area contributed by atoms with E-state index in [1.807, 2.05) is 12.1 Å². The van der Waals surface area contributed by atoms with Crippen molar-refractivity contribution in [3.05, 3.63) is 54.1 Å². The van der Waals surface area contributed by atoms with E-state index in [0.717, 1.165) is 50.1 Å². The van der Waals surface area contributed by atoms with E-state index in [2.05, 4.69) is 27.7 Å². The Morgan fingerprint density at radius 1 is 0.724 bits per heavy atom. The van der Waals surface area contributed by atoms with Crippen molar-refractivity contribution < 1.29 is 9.59 Å². The van der Waals surface area contributed by atoms with Crippen LogP contribution in [-0.4, -0.2) is 24.9 Å². The van der Waals surface area contributed by atoms with Gasteiger partial charge in [-0.05, 0) is 74.2 Å². The van der Waals surface area contributed by atoms with Gasteiger partial charge in [0.2, 0.25) is 5.91 Å². The lowest BCUT2D eigenvalue weighted by Gasteiger charge is -2.20. The first-order valence-electron chi connectivity index (χ1n) is 10.8. The number of hydrogen-bond acceptors (Lipinski definition) is 3. The molecule has 152 valence electrons. The van der Waals surface area contributed by atoms with Crippen molar-refractivity contribution in [2.45, 2.75) is 44.9 Å². The lowest BCUT2D eigenvalue weighted by atomic mass is 9.88. The Morgan fingerprint density at radius 3 is 1.97 bits per heavy atom. The molecule has 0 bridgehead atoms. The minimum absolute atomic E-state index is 0.0972. The van der Waals surface area contributed by atoms with Crippen LogP contribution in [0.2, 0.25) is 0 Å². The zero-order valence-corrected chi connectivity index (χ0v) is 16.8. The molecule has 0 unspecified atom stereocenters. The van der Waals surface area contributed by atoms with Crippen LogP contribution in [0.3, 0.4) is 0 Å². The summed E-state index contributed by atoms with van der Waals surface area (Å²) < 4.78 is 0. The summed E-state index contributed by atoms with van der Waals surface area (Å²) in [5, 5.41) is 5.93. The van der Waals surface area contributed by atoms with E-state index in [-0.39, 0.29) is 17.7 Å². The van der Waals surface area contributed by atoms with Crippen LogP contribution in [0.25, 0.3) is 0 Å². The highest BCUT2D eigenvalue weighted by Crippen LogP contribution is 2.25. The molecule has 2 aliphatic rings. The van der Waals surface area contributed by atoms with Gasteiger partial charge in [-0.1, -0.05) is 19.3 Å². The third-order valence-electron chi connectivity index (χ3n) is 5.99. The minimum Gasteiger partial charge on any atom is -0.372 e. The molecule has 1 saturated heterocycles. The quantitative estimate of drug-likeness (QED) is 0.749. The number of carbonyl (C=O) groups excluding carboxylic acids is 2. The standard InChI is InChI=1S/C24H29N3O2/c28-23(18-6-2-1-3-7-18)25-20-10-8-19(9-11-20)24(29)26-21-12-14-22(15-13-21)27-16-4-5-17-27/h8-15,18H,1-7,16-17H2,(H,25,28)(H,26,29). The Bertz CT molecular complexity index is 833. The van der Waals surface area contributed by atoms with Gasteiger partial charge in [-0.15, -0.1) is 0 Å². The number of rotatable bonds is 5. The van der Waals surface area contributed by atoms with Crippen LogP contribution in [0, 0.1) is 5.92 Å². The third kappa shape index (κ3) is 4.97. The number of anilines is 3. The molecule has 0 aromatic heterocycles. The first-order chi connectivity index (χ1) is 14.2. The van der Waals surface area contributed by atoms with E-state index in [1.54, 1.807) is 24.3 Å². The van der Waals surface area contributed by atoms with Crippen molar-refractivity contribution in [2.75, 3.05) is 28.6 Å². The van der Waals surface area contributed by atoms with Crippen molar-refractivity contribution in [3.8, 4) is 0 Å². The largest absolute Gasteiger partial charge is 0.372 e. The summed E-state index contributed by atoms with van der Waals surface area (Å²) in [7, 11) is 0. The fraction of sp³-hybridized carbons (Fsp3) is 0.417. The lowest BCUT2D eigenvalue weighted by molar-refractivity contribution is -0.120. The highest BCUT2D eigenvalue weighted by molar-refractivity contribution is 6.04. The maximum absolute atomic E-state index is 12.5. The molecular weight excluding hydrogens is 362 g/mol. The van der Waals surface area contributed by atoms with Crippen molar-refractivity contribution in [3.63, 3.8) is 0 Å². The van der Waals surface area contributed by atoms with Crippen LogP contribution in [-0.2, 0) is 4.79 Å². The molecule has 4 rings (SSSR count). The van der Waals surface area contributed by atoms with E-state index in [4.69, 9.17) is 0 Å². The summed E-state index contributed by atoms with van der Waals surface area (Å²) in [5.74, 6) is 0.0688. The molecule has 29 heavy (non-hydrogen) atoms. The second-order valence-corrected chi connectivity index (χ2v) is 8.10. The molecule has 0 spiro atoms. The average molecular weight is 392 g/mol. The number of nitrogens with one attached hydrogen (secondary N) is 2. The Hall–Kier alpha value is -2.82. The maximum Gasteiger partial charge on any atom is 0.255 e. The van der Waals surface area contributed by atoms with Gasteiger partial charge in [0.25, 0.3) is 5.91 Å². The van der Waals surface area contributed by atoms with Crippen LogP contribution in [0.5, 0.6) is 0 Å². The summed E-state index contributed by atoms with van der Waals surface area (Å²) in [5.41, 5.74) is 3.31. The molecule has 2 aromatic rings. The number of amides is 2. The zero-order valence-electron chi connectivity index (χ0n) is 16.8. The number of hydrogen-bond donors (Lipinski definition) is 2. The Labute approximate surface area is 172 Å². The lowest BCUT2D eigenvalue weighted by Crippen LogP contribution is -2.24. The Kier molecular flexibility index (Phi) is 6.13. The van der Waals surface area contributed by atoms with E-state index in [1.165, 1.54) is 24.9 Å². The van der Waals surface area contributed by atoms with Crippen LogP contribution in [0.4, 0.5) is 17.1 Å². The SMILES string of the molecule is O=C(Nc1ccc(N2CCCC2)cc1)c1ccc(NC(=O)C2CCCCC2)cc1. The van der Waals surface area contributed by atoms with E-state index < -0.39 is 0 Å². The van der Waals surface area contributed by atoms with Gasteiger partial charge < -0.3 is 15.5 Å². The normalized spacial score (nSPS) is 17.2. The molecule has 2 N–H and O–H groups in total. The molecule has 1 heterocycles. The van der Waals surface area contributed by atoms with Crippen LogP contribution < -0.4 is 15.5 Å². The van der Waals surface area contributed by atoms with Gasteiger partial charge in [0.15, 0.2) is 0 Å². The van der Waals surface area contributed by atoms with Crippen molar-refractivity contribution in [1.82, 2.24) is 0 Å². The Balaban J connectivity index is 1.32. The van der Waals surface area contributed by atoms with Gasteiger partial charge in [-0.25, -0.2) is 0 Å². The van der Waals surface area contributed by atoms with E-state index in [0.29, 0.717) is 5.56 Å². The van der Waals surface area contributed by atoms with Gasteiger partial charge >= 0.3 is 0 Å². The second kappa shape index (κ2) is 9.12. The minimum atomic E-state index is -0.149. The number of benzene rings is 2. The summed E-state index contributed by atoms with van der Waals surface area (Å²) in [6, 6.07) is 15.1. The average Bonchev–Trinajstić information content (AvgIpc) is 3.30. The molecular formula is C24H29N3O2. The van der Waals surface area contributed by atoms with Gasteiger partial charge in [-0.2, -0.15) is 0 Å². The van der Waals surface area contributed by atoms with E-state index in [9.17, 15) is 9.59 Å². The van der Waals surface area contributed by atoms with Crippen molar-refractivity contribution in [2.24, 2.45) is 5.92 Å². The number of carbonyl (C=O) groups is 2. The summed E-state index contributed by atoms with van der Waals surface area (Å²) in [6.45, 7) is 2.21. The molecule has 2 amide bonds. The second-order valence-electron chi connectivity index (χ2n) is 8.10. The summed E-state index contributed by atoms with van der Waals surface area (Å²) in [6.07, 6.45) is 7.94. The summed E-state index contributed by atoms with van der Waals surface area (Å²) in [4.78, 5) is 27.3. The van der Waals surface area contributed by atoms with Gasteiger partial charge in [-0.3, -0.25) is 9.59 Å². The highest BCUT2D eigenvalue weighted by Gasteiger charge is 2.21. The molecule has 0 atom stereocenters. The predicted molar refractivity (Wildman–Crippen MR) is 117 cm³/mol. The van der Waals surface area contributed by atoms with Crippen LogP contribution in [0.1, 0.15) is 55.3 Å². The van der Waals surface area contributed by atoms with Crippen LogP contribution in [0.15, 0.2) is 48.5 Å². The molecule has 5 heteroatoms. The van der Waals surface area contributed by atoms with Crippen molar-refractivity contribution in [1.29, 1.82) is 0 Å². The highest BCUT2D eigenvalue weighted by atomic mass is 16.2. The van der Waals surface area contributed by atoms with E-state index >= 15 is 0 Å². The fourth-order valence-electron chi connectivity index (χ4n) is 4.25. The summed E-state index contributed by atoms with van der Waals surface area (Å²) >= 11 is 0. The van der Waals surface area contributed by atoms with Crippen molar-refractivity contribution >= 4 is 28.9 Å². The molecule has 2 fully saturated rings. The smallest absolute Gasteiger partial charge is 0.255 e. The topological polar surface area (TPSA) is 61.4 Å². The van der Waals surface area contributed by atoms with Crippen LogP contribution >= 0.6 is 0 Å². The zero-order chi connectivity index (χ0) is 20.1. The monoisotopic (exact) mass is 391 g/mol. The molecule has 2 aromatic carbocycles. The van der Waals surface area contributed by atoms with Gasteiger partial charge in [0.05, 0.1) is 0 Å².